The van der Waals surface area contributed by atoms with Gasteiger partial charge in [0, 0.05) is 18.5 Å². The van der Waals surface area contributed by atoms with Crippen molar-refractivity contribution >= 4 is 21.6 Å². The maximum atomic E-state index is 11.8. The number of carbonyl (C=O) groups excluding carboxylic acids is 1. The van der Waals surface area contributed by atoms with Crippen LogP contribution in [0.2, 0.25) is 0 Å². The fraction of sp³-hybridized carbons (Fsp3) is 0.643. The molecule has 1 unspecified atom stereocenters. The number of nitrogens with zero attached hydrogens (tertiary/aromatic N) is 3. The fourth-order valence-electron chi connectivity index (χ4n) is 3.40. The molecule has 0 aromatic carbocycles. The third-order valence-electron chi connectivity index (χ3n) is 4.49. The molecule has 1 atom stereocenters. The van der Waals surface area contributed by atoms with Crippen LogP contribution >= 0.6 is 0 Å². The molecule has 2 saturated heterocycles. The Morgan fingerprint density at radius 3 is 2.73 bits per heavy atom. The van der Waals surface area contributed by atoms with Gasteiger partial charge in [0.1, 0.15) is 5.82 Å². The van der Waals surface area contributed by atoms with E-state index in [1.54, 1.807) is 6.20 Å². The zero-order chi connectivity index (χ0) is 15.8. The number of hydrogen-bond donors (Lipinski definition) is 0. The Balaban J connectivity index is 1.76. The molecule has 3 rings (SSSR count). The summed E-state index contributed by atoms with van der Waals surface area (Å²) in [5, 5.41) is 0. The average molecular weight is 325 g/mol. The number of methoxy groups -OCH3 is 1. The van der Waals surface area contributed by atoms with Crippen LogP contribution in [0.25, 0.3) is 0 Å². The molecular weight excluding hydrogens is 306 g/mol. The first-order chi connectivity index (χ1) is 10.4. The summed E-state index contributed by atoms with van der Waals surface area (Å²) in [4.78, 5) is 21.8. The SMILES string of the molecule is COC(=O)c1cnc(N2CCCC3(CCS(=O)(=O)C3)C2)cn1. The van der Waals surface area contributed by atoms with Crippen molar-refractivity contribution in [3.63, 3.8) is 0 Å². The standard InChI is InChI=1S/C14H19N3O4S/c1-21-13(18)11-7-16-12(8-15-11)17-5-2-3-14(9-17)4-6-22(19,20)10-14/h7-8H,2-6,9-10H2,1H3. The first-order valence-corrected chi connectivity index (χ1v) is 9.11. The molecule has 0 N–H and O–H groups in total. The molecule has 0 aliphatic carbocycles. The second kappa shape index (κ2) is 5.49. The predicted molar refractivity (Wildman–Crippen MR) is 80.5 cm³/mol. The average Bonchev–Trinajstić information content (AvgIpc) is 2.81. The minimum absolute atomic E-state index is 0.153. The summed E-state index contributed by atoms with van der Waals surface area (Å²) in [5.41, 5.74) is 0.0150. The van der Waals surface area contributed by atoms with E-state index in [9.17, 15) is 13.2 Å². The molecule has 1 aromatic heterocycles. The first kappa shape index (κ1) is 15.2. The molecule has 0 amide bonds. The lowest BCUT2D eigenvalue weighted by Crippen LogP contribution is -2.44. The molecule has 0 radical (unpaired) electrons. The van der Waals surface area contributed by atoms with Crippen LogP contribution in [0.4, 0.5) is 5.82 Å². The Labute approximate surface area is 129 Å². The number of aromatic nitrogens is 2. The van der Waals surface area contributed by atoms with Gasteiger partial charge in [0.05, 0.1) is 31.0 Å². The summed E-state index contributed by atoms with van der Waals surface area (Å²) < 4.78 is 28.2. The molecule has 1 aromatic rings. The molecule has 1 spiro atoms. The summed E-state index contributed by atoms with van der Waals surface area (Å²) in [7, 11) is -1.61. The summed E-state index contributed by atoms with van der Waals surface area (Å²) in [6, 6.07) is 0. The third kappa shape index (κ3) is 2.92. The summed E-state index contributed by atoms with van der Waals surface area (Å²) in [6.45, 7) is 1.51. The highest BCUT2D eigenvalue weighted by Gasteiger charge is 2.44. The largest absolute Gasteiger partial charge is 0.464 e. The second-order valence-corrected chi connectivity index (χ2v) is 8.30. The number of carbonyl (C=O) groups is 1. The van der Waals surface area contributed by atoms with E-state index in [1.165, 1.54) is 13.3 Å². The molecule has 2 aliphatic heterocycles. The molecule has 7 nitrogen and oxygen atoms in total. The number of sulfone groups is 1. The minimum Gasteiger partial charge on any atom is -0.464 e. The summed E-state index contributed by atoms with van der Waals surface area (Å²) in [6.07, 6.45) is 5.55. The van der Waals surface area contributed by atoms with Crippen LogP contribution in [0.3, 0.4) is 0 Å². The lowest BCUT2D eigenvalue weighted by atomic mass is 9.79. The van der Waals surface area contributed by atoms with Crippen molar-refractivity contribution in [2.24, 2.45) is 5.41 Å². The molecule has 3 heterocycles. The van der Waals surface area contributed by atoms with Gasteiger partial charge >= 0.3 is 5.97 Å². The van der Waals surface area contributed by atoms with Gasteiger partial charge < -0.3 is 9.64 Å². The van der Waals surface area contributed by atoms with E-state index >= 15 is 0 Å². The summed E-state index contributed by atoms with van der Waals surface area (Å²) >= 11 is 0. The fourth-order valence-corrected chi connectivity index (χ4v) is 5.60. The lowest BCUT2D eigenvalue weighted by Gasteiger charge is -2.40. The van der Waals surface area contributed by atoms with Gasteiger partial charge in [-0.2, -0.15) is 0 Å². The predicted octanol–water partition coefficient (Wildman–Crippen LogP) is 0.668. The van der Waals surface area contributed by atoms with Crippen LogP contribution in [0.5, 0.6) is 0 Å². The smallest absolute Gasteiger partial charge is 0.358 e. The summed E-state index contributed by atoms with van der Waals surface area (Å²) in [5.74, 6) is 0.713. The van der Waals surface area contributed by atoms with Crippen LogP contribution in [0.1, 0.15) is 29.8 Å². The van der Waals surface area contributed by atoms with Crippen LogP contribution < -0.4 is 4.90 Å². The van der Waals surface area contributed by atoms with Crippen LogP contribution in [0, 0.1) is 5.41 Å². The van der Waals surface area contributed by atoms with Crippen molar-refractivity contribution in [3.05, 3.63) is 18.1 Å². The van der Waals surface area contributed by atoms with Gasteiger partial charge in [-0.3, -0.25) is 0 Å². The van der Waals surface area contributed by atoms with Crippen LogP contribution in [0.15, 0.2) is 12.4 Å². The first-order valence-electron chi connectivity index (χ1n) is 7.29. The second-order valence-electron chi connectivity index (χ2n) is 6.12. The van der Waals surface area contributed by atoms with E-state index in [2.05, 4.69) is 19.6 Å². The Bertz CT molecular complexity index is 674. The highest BCUT2D eigenvalue weighted by molar-refractivity contribution is 7.91. The van der Waals surface area contributed by atoms with Crippen molar-refractivity contribution in [1.29, 1.82) is 0 Å². The van der Waals surface area contributed by atoms with Crippen LogP contribution in [-0.2, 0) is 14.6 Å². The van der Waals surface area contributed by atoms with Crippen molar-refractivity contribution < 1.29 is 17.9 Å². The maximum Gasteiger partial charge on any atom is 0.358 e. The van der Waals surface area contributed by atoms with E-state index in [4.69, 9.17) is 0 Å². The Kier molecular flexibility index (Phi) is 3.80. The zero-order valence-corrected chi connectivity index (χ0v) is 13.3. The van der Waals surface area contributed by atoms with Gasteiger partial charge in [-0.15, -0.1) is 0 Å². The highest BCUT2D eigenvalue weighted by Crippen LogP contribution is 2.41. The third-order valence-corrected chi connectivity index (χ3v) is 6.37. The number of rotatable bonds is 2. The lowest BCUT2D eigenvalue weighted by molar-refractivity contribution is 0.0593. The van der Waals surface area contributed by atoms with Gasteiger partial charge in [0.15, 0.2) is 15.5 Å². The monoisotopic (exact) mass is 325 g/mol. The van der Waals surface area contributed by atoms with Crippen molar-refractivity contribution in [2.45, 2.75) is 19.3 Å². The van der Waals surface area contributed by atoms with E-state index in [-0.39, 0.29) is 22.6 Å². The van der Waals surface area contributed by atoms with E-state index in [0.29, 0.717) is 12.4 Å². The Morgan fingerprint density at radius 2 is 2.14 bits per heavy atom. The molecule has 22 heavy (non-hydrogen) atoms. The number of esters is 1. The van der Waals surface area contributed by atoms with Gasteiger partial charge in [0.25, 0.3) is 0 Å². The maximum absolute atomic E-state index is 11.8. The number of piperidine rings is 1. The molecule has 120 valence electrons. The molecule has 8 heteroatoms. The molecule has 2 fully saturated rings. The van der Waals surface area contributed by atoms with Gasteiger partial charge in [0.2, 0.25) is 0 Å². The van der Waals surface area contributed by atoms with Crippen molar-refractivity contribution in [2.75, 3.05) is 36.6 Å². The molecular formula is C14H19N3O4S. The van der Waals surface area contributed by atoms with Gasteiger partial charge in [-0.05, 0) is 19.3 Å². The number of ether oxygens (including phenoxy) is 1. The van der Waals surface area contributed by atoms with Crippen molar-refractivity contribution in [3.8, 4) is 0 Å². The minimum atomic E-state index is -2.91. The number of anilines is 1. The van der Waals surface area contributed by atoms with E-state index < -0.39 is 15.8 Å². The quantitative estimate of drug-likeness (QED) is 0.738. The van der Waals surface area contributed by atoms with E-state index in [1.807, 2.05) is 0 Å². The van der Waals surface area contributed by atoms with Gasteiger partial charge in [-0.1, -0.05) is 0 Å². The molecule has 2 aliphatic rings. The van der Waals surface area contributed by atoms with Gasteiger partial charge in [-0.25, -0.2) is 23.2 Å². The molecule has 0 bridgehead atoms. The van der Waals surface area contributed by atoms with Crippen molar-refractivity contribution in [1.82, 2.24) is 9.97 Å². The van der Waals surface area contributed by atoms with E-state index in [0.717, 1.165) is 25.8 Å². The van der Waals surface area contributed by atoms with Crippen LogP contribution in [-0.4, -0.2) is 56.1 Å². The zero-order valence-electron chi connectivity index (χ0n) is 12.5. The Morgan fingerprint density at radius 1 is 1.32 bits per heavy atom. The topological polar surface area (TPSA) is 89.5 Å². The Hall–Kier alpha value is -1.70. The highest BCUT2D eigenvalue weighted by atomic mass is 32.2. The number of hydrogen-bond acceptors (Lipinski definition) is 7. The normalized spacial score (nSPS) is 27.0. The molecule has 0 saturated carbocycles.